The molecule has 102 valence electrons. The largest absolute Gasteiger partial charge is 0.377 e. The summed E-state index contributed by atoms with van der Waals surface area (Å²) in [6.45, 7) is 9.25. The highest BCUT2D eigenvalue weighted by Gasteiger charge is 2.12. The molecule has 0 aliphatic heterocycles. The van der Waals surface area contributed by atoms with Gasteiger partial charge >= 0.3 is 0 Å². The summed E-state index contributed by atoms with van der Waals surface area (Å²) in [4.78, 5) is 11.9. The summed E-state index contributed by atoms with van der Waals surface area (Å²) in [6.07, 6.45) is 4.33. The van der Waals surface area contributed by atoms with Crippen LogP contribution in [0.4, 0.5) is 0 Å². The van der Waals surface area contributed by atoms with Gasteiger partial charge in [-0.2, -0.15) is 5.10 Å². The third-order valence-corrected chi connectivity index (χ3v) is 2.74. The fourth-order valence-corrected chi connectivity index (χ4v) is 1.60. The normalized spacial score (nSPS) is 12.7. The second-order valence-electron chi connectivity index (χ2n) is 4.50. The van der Waals surface area contributed by atoms with E-state index in [-0.39, 0.29) is 18.1 Å². The molecule has 0 spiro atoms. The number of hydrogen-bond acceptors (Lipinski definition) is 3. The molecule has 1 rings (SSSR count). The number of ether oxygens (including phenoxy) is 1. The SMILES string of the molecule is CCO[C@H](CC)CNC(=O)c1cnn(C(C)C)c1. The van der Waals surface area contributed by atoms with Gasteiger partial charge in [-0.3, -0.25) is 9.48 Å². The van der Waals surface area contributed by atoms with Gasteiger partial charge in [-0.1, -0.05) is 6.92 Å². The molecule has 0 radical (unpaired) electrons. The van der Waals surface area contributed by atoms with Crippen molar-refractivity contribution in [1.29, 1.82) is 0 Å². The Balaban J connectivity index is 2.49. The molecule has 0 saturated carbocycles. The lowest BCUT2D eigenvalue weighted by molar-refractivity contribution is 0.0569. The van der Waals surface area contributed by atoms with Crippen molar-refractivity contribution in [2.24, 2.45) is 0 Å². The van der Waals surface area contributed by atoms with Gasteiger partial charge in [0.25, 0.3) is 5.91 Å². The van der Waals surface area contributed by atoms with Gasteiger partial charge in [-0.25, -0.2) is 0 Å². The van der Waals surface area contributed by atoms with Crippen LogP contribution in [0.2, 0.25) is 0 Å². The van der Waals surface area contributed by atoms with Crippen LogP contribution in [0.25, 0.3) is 0 Å². The molecule has 1 aromatic rings. The fraction of sp³-hybridized carbons (Fsp3) is 0.692. The number of hydrogen-bond donors (Lipinski definition) is 1. The predicted molar refractivity (Wildman–Crippen MR) is 70.7 cm³/mol. The fourth-order valence-electron chi connectivity index (χ4n) is 1.60. The monoisotopic (exact) mass is 253 g/mol. The zero-order valence-corrected chi connectivity index (χ0v) is 11.6. The minimum Gasteiger partial charge on any atom is -0.377 e. The van der Waals surface area contributed by atoms with E-state index >= 15 is 0 Å². The summed E-state index contributed by atoms with van der Waals surface area (Å²) in [5.74, 6) is -0.0972. The third kappa shape index (κ3) is 4.14. The Hall–Kier alpha value is -1.36. The number of carbonyl (C=O) groups excluding carboxylic acids is 1. The molecule has 5 heteroatoms. The van der Waals surface area contributed by atoms with E-state index in [0.717, 1.165) is 6.42 Å². The van der Waals surface area contributed by atoms with Crippen LogP contribution < -0.4 is 5.32 Å². The molecule has 1 N–H and O–H groups in total. The maximum atomic E-state index is 11.9. The number of aromatic nitrogens is 2. The molecule has 1 aromatic heterocycles. The van der Waals surface area contributed by atoms with E-state index in [1.54, 1.807) is 17.1 Å². The lowest BCUT2D eigenvalue weighted by atomic mass is 10.2. The Bertz CT molecular complexity index is 374. The van der Waals surface area contributed by atoms with Gasteiger partial charge in [0.1, 0.15) is 0 Å². The Morgan fingerprint density at radius 2 is 2.22 bits per heavy atom. The first-order chi connectivity index (χ1) is 8.58. The highest BCUT2D eigenvalue weighted by molar-refractivity contribution is 5.93. The lowest BCUT2D eigenvalue weighted by Crippen LogP contribution is -2.33. The first-order valence-corrected chi connectivity index (χ1v) is 6.52. The molecular weight excluding hydrogens is 230 g/mol. The Morgan fingerprint density at radius 3 is 2.72 bits per heavy atom. The average Bonchev–Trinajstić information content (AvgIpc) is 2.83. The first kappa shape index (κ1) is 14.7. The molecule has 1 amide bonds. The van der Waals surface area contributed by atoms with Crippen molar-refractivity contribution < 1.29 is 9.53 Å². The molecule has 0 fully saturated rings. The summed E-state index contributed by atoms with van der Waals surface area (Å²) >= 11 is 0. The van der Waals surface area contributed by atoms with Crippen LogP contribution in [0.1, 0.15) is 50.5 Å². The van der Waals surface area contributed by atoms with E-state index in [0.29, 0.717) is 18.7 Å². The maximum Gasteiger partial charge on any atom is 0.254 e. The molecule has 0 aliphatic carbocycles. The molecule has 1 atom stereocenters. The molecule has 1 heterocycles. The average molecular weight is 253 g/mol. The van der Waals surface area contributed by atoms with Gasteiger partial charge < -0.3 is 10.1 Å². The lowest BCUT2D eigenvalue weighted by Gasteiger charge is -2.15. The topological polar surface area (TPSA) is 56.1 Å². The molecule has 0 aliphatic rings. The van der Waals surface area contributed by atoms with Crippen molar-refractivity contribution in [3.8, 4) is 0 Å². The molecule has 0 bridgehead atoms. The van der Waals surface area contributed by atoms with Gasteiger partial charge in [0.05, 0.1) is 17.9 Å². The summed E-state index contributed by atoms with van der Waals surface area (Å²) in [7, 11) is 0. The van der Waals surface area contributed by atoms with E-state index < -0.39 is 0 Å². The highest BCUT2D eigenvalue weighted by atomic mass is 16.5. The number of rotatable bonds is 7. The van der Waals surface area contributed by atoms with Gasteiger partial charge in [0, 0.05) is 25.4 Å². The minimum atomic E-state index is -0.0972. The zero-order valence-electron chi connectivity index (χ0n) is 11.6. The van der Waals surface area contributed by atoms with Crippen molar-refractivity contribution in [2.45, 2.75) is 46.3 Å². The van der Waals surface area contributed by atoms with Crippen LogP contribution in [0, 0.1) is 0 Å². The van der Waals surface area contributed by atoms with E-state index in [1.807, 2.05) is 27.7 Å². The van der Waals surface area contributed by atoms with Crippen molar-refractivity contribution in [3.05, 3.63) is 18.0 Å². The molecule has 0 unspecified atom stereocenters. The van der Waals surface area contributed by atoms with Crippen LogP contribution >= 0.6 is 0 Å². The Kier molecular flexibility index (Phi) is 5.85. The summed E-state index contributed by atoms with van der Waals surface area (Å²) in [6, 6.07) is 0.262. The van der Waals surface area contributed by atoms with Crippen molar-refractivity contribution in [2.75, 3.05) is 13.2 Å². The van der Waals surface area contributed by atoms with Crippen LogP contribution in [0.5, 0.6) is 0 Å². The Labute approximate surface area is 109 Å². The molecule has 5 nitrogen and oxygen atoms in total. The van der Waals surface area contributed by atoms with Gasteiger partial charge in [-0.05, 0) is 27.2 Å². The smallest absolute Gasteiger partial charge is 0.254 e. The standard InChI is InChI=1S/C13H23N3O2/c1-5-12(18-6-2)8-14-13(17)11-7-15-16(9-11)10(3)4/h7,9-10,12H,5-6,8H2,1-4H3,(H,14,17)/t12-/m1/s1. The highest BCUT2D eigenvalue weighted by Crippen LogP contribution is 2.05. The summed E-state index contributed by atoms with van der Waals surface area (Å²) in [5, 5.41) is 7.01. The Morgan fingerprint density at radius 1 is 1.50 bits per heavy atom. The van der Waals surface area contributed by atoms with E-state index in [4.69, 9.17) is 4.74 Å². The summed E-state index contributed by atoms with van der Waals surface area (Å²) in [5.41, 5.74) is 0.593. The number of nitrogens with one attached hydrogen (secondary N) is 1. The van der Waals surface area contributed by atoms with Gasteiger partial charge in [0.15, 0.2) is 0 Å². The number of nitrogens with zero attached hydrogens (tertiary/aromatic N) is 2. The summed E-state index contributed by atoms with van der Waals surface area (Å²) < 4.78 is 7.26. The van der Waals surface area contributed by atoms with Gasteiger partial charge in [0.2, 0.25) is 0 Å². The van der Waals surface area contributed by atoms with Crippen LogP contribution in [0.15, 0.2) is 12.4 Å². The number of amides is 1. The van der Waals surface area contributed by atoms with E-state index in [9.17, 15) is 4.79 Å². The van der Waals surface area contributed by atoms with E-state index in [2.05, 4.69) is 10.4 Å². The molecular formula is C13H23N3O2. The second kappa shape index (κ2) is 7.16. The zero-order chi connectivity index (χ0) is 13.5. The predicted octanol–water partition coefficient (Wildman–Crippen LogP) is 2.01. The van der Waals surface area contributed by atoms with Crippen molar-refractivity contribution in [3.63, 3.8) is 0 Å². The van der Waals surface area contributed by atoms with Crippen molar-refractivity contribution >= 4 is 5.91 Å². The van der Waals surface area contributed by atoms with Gasteiger partial charge in [-0.15, -0.1) is 0 Å². The maximum absolute atomic E-state index is 11.9. The van der Waals surface area contributed by atoms with Crippen molar-refractivity contribution in [1.82, 2.24) is 15.1 Å². The van der Waals surface area contributed by atoms with Crippen LogP contribution in [0.3, 0.4) is 0 Å². The minimum absolute atomic E-state index is 0.0825. The first-order valence-electron chi connectivity index (χ1n) is 6.52. The quantitative estimate of drug-likeness (QED) is 0.808. The second-order valence-corrected chi connectivity index (χ2v) is 4.50. The van der Waals surface area contributed by atoms with Crippen LogP contribution in [-0.4, -0.2) is 34.9 Å². The molecule has 18 heavy (non-hydrogen) atoms. The molecule has 0 aromatic carbocycles. The number of carbonyl (C=O) groups is 1. The van der Waals surface area contributed by atoms with Crippen LogP contribution in [-0.2, 0) is 4.74 Å². The third-order valence-electron chi connectivity index (χ3n) is 2.74. The van der Waals surface area contributed by atoms with E-state index in [1.165, 1.54) is 0 Å². The molecule has 0 saturated heterocycles.